The Balaban J connectivity index is 2.05. The minimum atomic E-state index is -0.548. The standard InChI is InChI=1S/C20H18N4O4S/c1-2-28-11-5-10-23-19(25)16-6-3-4-7-17(16)22-20(23)29-18-9-8-15(24(26)27)12-14(18)13-21/h3-4,6-9,12H,2,5,10-11H2,1H3. The molecule has 2 aromatic carbocycles. The van der Waals surface area contributed by atoms with Gasteiger partial charge in [0.1, 0.15) is 6.07 Å². The summed E-state index contributed by atoms with van der Waals surface area (Å²) in [6.45, 7) is 3.43. The Morgan fingerprint density at radius 2 is 2.10 bits per heavy atom. The smallest absolute Gasteiger partial charge is 0.270 e. The molecule has 1 heterocycles. The molecule has 0 spiro atoms. The van der Waals surface area contributed by atoms with E-state index in [9.17, 15) is 20.2 Å². The number of ether oxygens (including phenoxy) is 1. The minimum Gasteiger partial charge on any atom is -0.382 e. The fraction of sp³-hybridized carbons (Fsp3) is 0.250. The third-order valence-electron chi connectivity index (χ3n) is 4.20. The van der Waals surface area contributed by atoms with Gasteiger partial charge in [-0.2, -0.15) is 5.26 Å². The van der Waals surface area contributed by atoms with Gasteiger partial charge < -0.3 is 4.74 Å². The zero-order valence-electron chi connectivity index (χ0n) is 15.7. The molecule has 0 saturated carbocycles. The van der Waals surface area contributed by atoms with Crippen molar-refractivity contribution in [2.45, 2.75) is 29.9 Å². The van der Waals surface area contributed by atoms with E-state index in [0.29, 0.717) is 47.1 Å². The van der Waals surface area contributed by atoms with Crippen LogP contribution < -0.4 is 5.56 Å². The molecule has 0 unspecified atom stereocenters. The molecule has 3 aromatic rings. The second-order valence-corrected chi connectivity index (χ2v) is 7.08. The molecule has 9 heteroatoms. The zero-order chi connectivity index (χ0) is 20.8. The van der Waals surface area contributed by atoms with Gasteiger partial charge in [-0.15, -0.1) is 0 Å². The Bertz CT molecular complexity index is 1150. The number of rotatable bonds is 8. The lowest BCUT2D eigenvalue weighted by molar-refractivity contribution is -0.384. The minimum absolute atomic E-state index is 0.160. The van der Waals surface area contributed by atoms with Crippen LogP contribution in [0.3, 0.4) is 0 Å². The van der Waals surface area contributed by atoms with Gasteiger partial charge in [0.2, 0.25) is 0 Å². The normalized spacial score (nSPS) is 10.8. The summed E-state index contributed by atoms with van der Waals surface area (Å²) in [4.78, 5) is 28.5. The summed E-state index contributed by atoms with van der Waals surface area (Å²) in [7, 11) is 0. The first-order chi connectivity index (χ1) is 14.0. The molecule has 29 heavy (non-hydrogen) atoms. The van der Waals surface area contributed by atoms with E-state index in [0.717, 1.165) is 11.8 Å². The van der Waals surface area contributed by atoms with Crippen molar-refractivity contribution in [2.24, 2.45) is 0 Å². The predicted octanol–water partition coefficient (Wildman–Crippen LogP) is 3.75. The van der Waals surface area contributed by atoms with E-state index >= 15 is 0 Å². The van der Waals surface area contributed by atoms with Crippen molar-refractivity contribution in [3.8, 4) is 6.07 Å². The molecule has 0 radical (unpaired) electrons. The van der Waals surface area contributed by atoms with E-state index < -0.39 is 4.92 Å². The summed E-state index contributed by atoms with van der Waals surface area (Å²) >= 11 is 1.14. The summed E-state index contributed by atoms with van der Waals surface area (Å²) in [5, 5.41) is 21.3. The third kappa shape index (κ3) is 4.62. The summed E-state index contributed by atoms with van der Waals surface area (Å²) in [6, 6.07) is 13.1. The Morgan fingerprint density at radius 1 is 1.31 bits per heavy atom. The van der Waals surface area contributed by atoms with Crippen LogP contribution in [0, 0.1) is 21.4 Å². The number of nitrogens with zero attached hydrogens (tertiary/aromatic N) is 4. The van der Waals surface area contributed by atoms with Crippen LogP contribution in [0.4, 0.5) is 5.69 Å². The SMILES string of the molecule is CCOCCCn1c(Sc2ccc([N+](=O)[O-])cc2C#N)nc2ccccc2c1=O. The van der Waals surface area contributed by atoms with Gasteiger partial charge >= 0.3 is 0 Å². The molecule has 8 nitrogen and oxygen atoms in total. The summed E-state index contributed by atoms with van der Waals surface area (Å²) < 4.78 is 6.93. The fourth-order valence-corrected chi connectivity index (χ4v) is 3.77. The van der Waals surface area contributed by atoms with Gasteiger partial charge in [-0.25, -0.2) is 4.98 Å². The van der Waals surface area contributed by atoms with Crippen LogP contribution in [-0.2, 0) is 11.3 Å². The van der Waals surface area contributed by atoms with Crippen molar-refractivity contribution in [2.75, 3.05) is 13.2 Å². The van der Waals surface area contributed by atoms with Crippen LogP contribution in [0.2, 0.25) is 0 Å². The second kappa shape index (κ2) is 9.32. The lowest BCUT2D eigenvalue weighted by Crippen LogP contribution is -2.24. The number of fused-ring (bicyclic) bond motifs is 1. The van der Waals surface area contributed by atoms with Crippen molar-refractivity contribution < 1.29 is 9.66 Å². The average molecular weight is 410 g/mol. The van der Waals surface area contributed by atoms with Crippen LogP contribution in [0.1, 0.15) is 18.9 Å². The van der Waals surface area contributed by atoms with E-state index in [-0.39, 0.29) is 16.8 Å². The molecular weight excluding hydrogens is 392 g/mol. The van der Waals surface area contributed by atoms with E-state index in [1.165, 1.54) is 18.2 Å². The molecule has 1 aromatic heterocycles. The number of benzene rings is 2. The molecule has 0 saturated heterocycles. The molecule has 0 aliphatic carbocycles. The molecule has 0 bridgehead atoms. The van der Waals surface area contributed by atoms with E-state index in [4.69, 9.17) is 4.74 Å². The van der Waals surface area contributed by atoms with Gasteiger partial charge in [0.05, 0.1) is 21.4 Å². The molecule has 3 rings (SSSR count). The van der Waals surface area contributed by atoms with E-state index in [2.05, 4.69) is 4.98 Å². The fourth-order valence-electron chi connectivity index (χ4n) is 2.80. The molecule has 0 aliphatic rings. The monoisotopic (exact) mass is 410 g/mol. The molecule has 0 atom stereocenters. The Labute approximate surface area is 170 Å². The van der Waals surface area contributed by atoms with Gasteiger partial charge in [0.15, 0.2) is 5.16 Å². The topological polar surface area (TPSA) is 111 Å². The largest absolute Gasteiger partial charge is 0.382 e. The number of aromatic nitrogens is 2. The predicted molar refractivity (Wildman–Crippen MR) is 109 cm³/mol. The number of hydrogen-bond acceptors (Lipinski definition) is 7. The molecule has 0 amide bonds. The van der Waals surface area contributed by atoms with Gasteiger partial charge in [0.25, 0.3) is 11.2 Å². The number of hydrogen-bond donors (Lipinski definition) is 0. The van der Waals surface area contributed by atoms with Crippen molar-refractivity contribution in [3.05, 3.63) is 68.5 Å². The quantitative estimate of drug-likeness (QED) is 0.241. The molecule has 0 aliphatic heterocycles. The lowest BCUT2D eigenvalue weighted by atomic mass is 10.2. The van der Waals surface area contributed by atoms with Crippen molar-refractivity contribution in [1.29, 1.82) is 5.26 Å². The van der Waals surface area contributed by atoms with Crippen molar-refractivity contribution in [3.63, 3.8) is 0 Å². The first-order valence-corrected chi connectivity index (χ1v) is 9.80. The Kier molecular flexibility index (Phi) is 6.59. The highest BCUT2D eigenvalue weighted by Crippen LogP contribution is 2.31. The van der Waals surface area contributed by atoms with Crippen LogP contribution in [0.5, 0.6) is 0 Å². The highest BCUT2D eigenvalue weighted by molar-refractivity contribution is 7.99. The molecule has 148 valence electrons. The molecule has 0 fully saturated rings. The number of para-hydroxylation sites is 1. The Morgan fingerprint density at radius 3 is 2.83 bits per heavy atom. The summed E-state index contributed by atoms with van der Waals surface area (Å²) in [5.41, 5.74) is 0.385. The summed E-state index contributed by atoms with van der Waals surface area (Å²) in [5.74, 6) is 0. The van der Waals surface area contributed by atoms with E-state index in [1.807, 2.05) is 13.0 Å². The average Bonchev–Trinajstić information content (AvgIpc) is 2.73. The maximum absolute atomic E-state index is 13.0. The molecular formula is C20H18N4O4S. The number of non-ortho nitro benzene ring substituents is 1. The third-order valence-corrected chi connectivity index (χ3v) is 5.27. The number of nitro groups is 1. The van der Waals surface area contributed by atoms with Gasteiger partial charge in [0, 0.05) is 36.8 Å². The highest BCUT2D eigenvalue weighted by Gasteiger charge is 2.16. The Hall–Kier alpha value is -3.22. The van der Waals surface area contributed by atoms with Crippen LogP contribution in [-0.4, -0.2) is 27.7 Å². The number of nitriles is 1. The second-order valence-electron chi connectivity index (χ2n) is 6.07. The van der Waals surface area contributed by atoms with Crippen LogP contribution >= 0.6 is 11.8 Å². The zero-order valence-corrected chi connectivity index (χ0v) is 16.5. The molecule has 0 N–H and O–H groups in total. The van der Waals surface area contributed by atoms with Gasteiger partial charge in [-0.05, 0) is 31.5 Å². The first-order valence-electron chi connectivity index (χ1n) is 8.99. The van der Waals surface area contributed by atoms with Gasteiger partial charge in [-0.1, -0.05) is 23.9 Å². The maximum atomic E-state index is 13.0. The maximum Gasteiger partial charge on any atom is 0.270 e. The van der Waals surface area contributed by atoms with E-state index in [1.54, 1.807) is 28.8 Å². The van der Waals surface area contributed by atoms with Gasteiger partial charge in [-0.3, -0.25) is 19.5 Å². The van der Waals surface area contributed by atoms with Crippen molar-refractivity contribution >= 4 is 28.4 Å². The highest BCUT2D eigenvalue weighted by atomic mass is 32.2. The number of nitro benzene ring substituents is 1. The van der Waals surface area contributed by atoms with Crippen LogP contribution in [0.15, 0.2) is 57.3 Å². The summed E-state index contributed by atoms with van der Waals surface area (Å²) in [6.07, 6.45) is 0.632. The van der Waals surface area contributed by atoms with Crippen LogP contribution in [0.25, 0.3) is 10.9 Å². The first kappa shape index (κ1) is 20.5. The lowest BCUT2D eigenvalue weighted by Gasteiger charge is -2.13. The van der Waals surface area contributed by atoms with Crippen molar-refractivity contribution in [1.82, 2.24) is 9.55 Å².